The lowest BCUT2D eigenvalue weighted by atomic mass is 10.1. The van der Waals surface area contributed by atoms with E-state index in [-0.39, 0.29) is 12.8 Å². The molecule has 0 bridgehead atoms. The predicted octanol–water partition coefficient (Wildman–Crippen LogP) is 2.21. The lowest BCUT2D eigenvalue weighted by Crippen LogP contribution is -2.39. The number of piperidine rings is 1. The average molecular weight is 227 g/mol. The van der Waals surface area contributed by atoms with Gasteiger partial charge in [0.25, 0.3) is 5.92 Å². The molecule has 0 saturated carbocycles. The van der Waals surface area contributed by atoms with Crippen LogP contribution in [0.2, 0.25) is 0 Å². The summed E-state index contributed by atoms with van der Waals surface area (Å²) in [4.78, 5) is 6.03. The third kappa shape index (κ3) is 2.40. The molecule has 1 aliphatic rings. The summed E-state index contributed by atoms with van der Waals surface area (Å²) in [5.74, 6) is -1.38. The highest BCUT2D eigenvalue weighted by molar-refractivity contribution is 5.48. The van der Waals surface area contributed by atoms with E-state index in [9.17, 15) is 8.78 Å². The van der Waals surface area contributed by atoms with Crippen LogP contribution < -0.4 is 10.6 Å². The molecule has 1 fully saturated rings. The van der Waals surface area contributed by atoms with E-state index < -0.39 is 5.92 Å². The molecule has 88 valence electrons. The fourth-order valence-corrected chi connectivity index (χ4v) is 1.90. The van der Waals surface area contributed by atoms with Crippen LogP contribution in [0.15, 0.2) is 12.1 Å². The van der Waals surface area contributed by atoms with Crippen LogP contribution in [0, 0.1) is 6.92 Å². The van der Waals surface area contributed by atoms with Crippen LogP contribution in [-0.4, -0.2) is 24.0 Å². The van der Waals surface area contributed by atoms with Crippen molar-refractivity contribution in [2.24, 2.45) is 0 Å². The normalized spacial score (nSPS) is 19.8. The Balaban J connectivity index is 2.14. The third-order valence-corrected chi connectivity index (χ3v) is 2.79. The largest absolute Gasteiger partial charge is 0.384 e. The molecule has 5 heteroatoms. The molecule has 1 saturated heterocycles. The Morgan fingerprint density at radius 1 is 1.31 bits per heavy atom. The minimum absolute atomic E-state index is 0.109. The van der Waals surface area contributed by atoms with Crippen molar-refractivity contribution in [3.05, 3.63) is 17.7 Å². The molecule has 0 amide bonds. The summed E-state index contributed by atoms with van der Waals surface area (Å²) in [6.45, 7) is 2.59. The number of aryl methyl sites for hydroxylation is 1. The van der Waals surface area contributed by atoms with Gasteiger partial charge in [-0.25, -0.2) is 13.8 Å². The van der Waals surface area contributed by atoms with E-state index in [1.165, 1.54) is 0 Å². The van der Waals surface area contributed by atoms with Crippen molar-refractivity contribution in [3.8, 4) is 0 Å². The van der Waals surface area contributed by atoms with Gasteiger partial charge in [0, 0.05) is 25.9 Å². The number of alkyl halides is 2. The molecule has 2 N–H and O–H groups in total. The molecule has 0 aromatic carbocycles. The quantitative estimate of drug-likeness (QED) is 0.799. The van der Waals surface area contributed by atoms with Gasteiger partial charge in [0.05, 0.1) is 0 Å². The summed E-state index contributed by atoms with van der Waals surface area (Å²) < 4.78 is 26.0. The van der Waals surface area contributed by atoms with Crippen molar-refractivity contribution in [1.29, 1.82) is 0 Å². The van der Waals surface area contributed by atoms with Gasteiger partial charge in [-0.2, -0.15) is 0 Å². The van der Waals surface area contributed by atoms with Gasteiger partial charge in [-0.1, -0.05) is 0 Å². The van der Waals surface area contributed by atoms with Gasteiger partial charge < -0.3 is 10.6 Å². The minimum Gasteiger partial charge on any atom is -0.384 e. The third-order valence-electron chi connectivity index (χ3n) is 2.79. The highest BCUT2D eigenvalue weighted by Crippen LogP contribution is 2.30. The Kier molecular flexibility index (Phi) is 2.69. The first-order chi connectivity index (χ1) is 7.46. The van der Waals surface area contributed by atoms with Crippen molar-refractivity contribution >= 4 is 11.6 Å². The number of halogens is 2. The van der Waals surface area contributed by atoms with E-state index >= 15 is 0 Å². The van der Waals surface area contributed by atoms with Crippen LogP contribution in [-0.2, 0) is 0 Å². The number of nitrogens with two attached hydrogens (primary N) is 1. The first-order valence-electron chi connectivity index (χ1n) is 5.33. The molecule has 1 aliphatic heterocycles. The van der Waals surface area contributed by atoms with Crippen LogP contribution in [0.3, 0.4) is 0 Å². The second-order valence-corrected chi connectivity index (χ2v) is 4.27. The molecular weight excluding hydrogens is 212 g/mol. The van der Waals surface area contributed by atoms with Gasteiger partial charge in [0.1, 0.15) is 11.6 Å². The molecule has 2 rings (SSSR count). The second-order valence-electron chi connectivity index (χ2n) is 4.27. The second kappa shape index (κ2) is 3.88. The summed E-state index contributed by atoms with van der Waals surface area (Å²) in [7, 11) is 0. The Hall–Kier alpha value is -1.39. The molecular formula is C11H15F2N3. The number of pyridine rings is 1. The van der Waals surface area contributed by atoms with Gasteiger partial charge in [0.2, 0.25) is 0 Å². The fraction of sp³-hybridized carbons (Fsp3) is 0.545. The van der Waals surface area contributed by atoms with Gasteiger partial charge in [-0.15, -0.1) is 0 Å². The number of aromatic nitrogens is 1. The molecule has 0 unspecified atom stereocenters. The first-order valence-corrected chi connectivity index (χ1v) is 5.33. The van der Waals surface area contributed by atoms with Crippen molar-refractivity contribution < 1.29 is 8.78 Å². The Labute approximate surface area is 93.3 Å². The van der Waals surface area contributed by atoms with Crippen LogP contribution in [0.4, 0.5) is 20.4 Å². The number of hydrogen-bond donors (Lipinski definition) is 1. The standard InChI is InChI=1S/C11H15F2N3/c1-8-6-9(14)15-10(7-8)16-4-2-11(12,13)3-5-16/h6-7H,2-5H2,1H3,(H2,14,15). The van der Waals surface area contributed by atoms with Gasteiger partial charge in [-0.05, 0) is 24.6 Å². The summed E-state index contributed by atoms with van der Waals surface area (Å²) in [5, 5.41) is 0. The monoisotopic (exact) mass is 227 g/mol. The number of nitrogens with zero attached hydrogens (tertiary/aromatic N) is 2. The molecule has 0 aliphatic carbocycles. The summed E-state index contributed by atoms with van der Waals surface area (Å²) in [6, 6.07) is 3.64. The molecule has 1 aromatic rings. The zero-order chi connectivity index (χ0) is 11.8. The maximum Gasteiger partial charge on any atom is 0.251 e. The number of nitrogen functional groups attached to an aromatic ring is 1. The van der Waals surface area contributed by atoms with Crippen LogP contribution in [0.25, 0.3) is 0 Å². The summed E-state index contributed by atoms with van der Waals surface area (Å²) >= 11 is 0. The molecule has 16 heavy (non-hydrogen) atoms. The number of rotatable bonds is 1. The molecule has 0 spiro atoms. The molecule has 0 radical (unpaired) electrons. The maximum absolute atomic E-state index is 13.0. The number of anilines is 2. The maximum atomic E-state index is 13.0. The highest BCUT2D eigenvalue weighted by atomic mass is 19.3. The molecule has 3 nitrogen and oxygen atoms in total. The van der Waals surface area contributed by atoms with Crippen molar-refractivity contribution in [2.45, 2.75) is 25.7 Å². The fourth-order valence-electron chi connectivity index (χ4n) is 1.90. The Bertz CT molecular complexity index is 363. The summed E-state index contributed by atoms with van der Waals surface area (Å²) in [5.41, 5.74) is 6.63. The van der Waals surface area contributed by atoms with E-state index in [4.69, 9.17) is 5.73 Å². The average Bonchev–Trinajstić information content (AvgIpc) is 2.15. The van der Waals surface area contributed by atoms with E-state index in [1.807, 2.05) is 17.9 Å². The predicted molar refractivity (Wildman–Crippen MR) is 59.8 cm³/mol. The summed E-state index contributed by atoms with van der Waals surface area (Å²) in [6.07, 6.45) is -0.217. The van der Waals surface area contributed by atoms with Crippen LogP contribution in [0.5, 0.6) is 0 Å². The molecule has 1 aromatic heterocycles. The van der Waals surface area contributed by atoms with Gasteiger partial charge >= 0.3 is 0 Å². The van der Waals surface area contributed by atoms with Crippen molar-refractivity contribution in [2.75, 3.05) is 23.7 Å². The van der Waals surface area contributed by atoms with E-state index in [0.29, 0.717) is 24.7 Å². The number of hydrogen-bond acceptors (Lipinski definition) is 3. The van der Waals surface area contributed by atoms with E-state index in [1.54, 1.807) is 6.07 Å². The minimum atomic E-state index is -2.52. The smallest absolute Gasteiger partial charge is 0.251 e. The molecule has 2 heterocycles. The van der Waals surface area contributed by atoms with Crippen LogP contribution in [0.1, 0.15) is 18.4 Å². The van der Waals surface area contributed by atoms with Crippen LogP contribution >= 0.6 is 0 Å². The molecule has 0 atom stereocenters. The van der Waals surface area contributed by atoms with Crippen molar-refractivity contribution in [3.63, 3.8) is 0 Å². The van der Waals surface area contributed by atoms with E-state index in [2.05, 4.69) is 4.98 Å². The van der Waals surface area contributed by atoms with Gasteiger partial charge in [-0.3, -0.25) is 0 Å². The van der Waals surface area contributed by atoms with E-state index in [0.717, 1.165) is 5.56 Å². The Morgan fingerprint density at radius 2 is 1.94 bits per heavy atom. The zero-order valence-electron chi connectivity index (χ0n) is 9.21. The Morgan fingerprint density at radius 3 is 2.50 bits per heavy atom. The van der Waals surface area contributed by atoms with Crippen molar-refractivity contribution in [1.82, 2.24) is 4.98 Å². The van der Waals surface area contributed by atoms with Gasteiger partial charge in [0.15, 0.2) is 0 Å². The lowest BCUT2D eigenvalue weighted by Gasteiger charge is -2.32. The SMILES string of the molecule is Cc1cc(N)nc(N2CCC(F)(F)CC2)c1. The first kappa shape index (κ1) is 11.1. The highest BCUT2D eigenvalue weighted by Gasteiger charge is 2.34. The topological polar surface area (TPSA) is 42.1 Å². The zero-order valence-corrected chi connectivity index (χ0v) is 9.21. The lowest BCUT2D eigenvalue weighted by molar-refractivity contribution is -0.0221.